The first-order chi connectivity index (χ1) is 9.95. The molecule has 0 aliphatic rings. The van der Waals surface area contributed by atoms with Gasteiger partial charge in [-0.1, -0.05) is 42.4 Å². The first-order valence-electron chi connectivity index (χ1n) is 6.93. The van der Waals surface area contributed by atoms with E-state index in [0.29, 0.717) is 18.0 Å². The molecule has 0 saturated heterocycles. The second kappa shape index (κ2) is 6.41. The van der Waals surface area contributed by atoms with Gasteiger partial charge >= 0.3 is 0 Å². The summed E-state index contributed by atoms with van der Waals surface area (Å²) in [6.45, 7) is 5.62. The van der Waals surface area contributed by atoms with Crippen LogP contribution in [0.15, 0.2) is 39.8 Å². The van der Waals surface area contributed by atoms with Crippen LogP contribution in [0.4, 0.5) is 0 Å². The number of nitrogens with one attached hydrogen (secondary N) is 1. The molecule has 0 aliphatic heterocycles. The van der Waals surface area contributed by atoms with E-state index in [0.717, 1.165) is 12.0 Å². The quantitative estimate of drug-likeness (QED) is 0.890. The van der Waals surface area contributed by atoms with Gasteiger partial charge in [0.1, 0.15) is 10.6 Å². The van der Waals surface area contributed by atoms with Crippen LogP contribution in [0.25, 0.3) is 0 Å². The van der Waals surface area contributed by atoms with E-state index in [-0.39, 0.29) is 10.8 Å². The topological polar surface area (TPSA) is 72.2 Å². The summed E-state index contributed by atoms with van der Waals surface area (Å²) in [4.78, 5) is 0.144. The highest BCUT2D eigenvalue weighted by Crippen LogP contribution is 2.21. The van der Waals surface area contributed by atoms with Crippen molar-refractivity contribution < 1.29 is 12.9 Å². The van der Waals surface area contributed by atoms with Crippen molar-refractivity contribution in [1.82, 2.24) is 9.88 Å². The van der Waals surface area contributed by atoms with E-state index in [1.807, 2.05) is 37.3 Å². The summed E-state index contributed by atoms with van der Waals surface area (Å²) in [5.41, 5.74) is 1.51. The van der Waals surface area contributed by atoms with Crippen molar-refractivity contribution >= 4 is 10.0 Å². The van der Waals surface area contributed by atoms with Gasteiger partial charge in [0.25, 0.3) is 0 Å². The van der Waals surface area contributed by atoms with Crippen LogP contribution in [-0.2, 0) is 10.0 Å². The zero-order valence-electron chi connectivity index (χ0n) is 12.5. The molecule has 0 fully saturated rings. The molecule has 114 valence electrons. The molecule has 0 bridgehead atoms. The van der Waals surface area contributed by atoms with Gasteiger partial charge in [-0.05, 0) is 31.7 Å². The number of aryl methyl sites for hydroxylation is 2. The van der Waals surface area contributed by atoms with Crippen molar-refractivity contribution in [3.05, 3.63) is 47.3 Å². The number of benzene rings is 1. The lowest BCUT2D eigenvalue weighted by Gasteiger charge is -2.16. The van der Waals surface area contributed by atoms with Crippen molar-refractivity contribution in [2.75, 3.05) is 6.54 Å². The molecule has 2 aromatic rings. The van der Waals surface area contributed by atoms with Gasteiger partial charge < -0.3 is 4.52 Å². The average Bonchev–Trinajstić information content (AvgIpc) is 2.80. The monoisotopic (exact) mass is 308 g/mol. The summed E-state index contributed by atoms with van der Waals surface area (Å²) < 4.78 is 32.3. The van der Waals surface area contributed by atoms with Crippen LogP contribution in [0.1, 0.15) is 36.3 Å². The molecule has 5 nitrogen and oxygen atoms in total. The Bertz CT molecular complexity index is 673. The molecule has 21 heavy (non-hydrogen) atoms. The van der Waals surface area contributed by atoms with Gasteiger partial charge in [0.15, 0.2) is 5.76 Å². The Balaban J connectivity index is 2.15. The Morgan fingerprint density at radius 2 is 1.90 bits per heavy atom. The number of hydrogen-bond acceptors (Lipinski definition) is 4. The van der Waals surface area contributed by atoms with Crippen molar-refractivity contribution in [1.29, 1.82) is 0 Å². The molecule has 1 aromatic carbocycles. The fourth-order valence-corrected chi connectivity index (χ4v) is 3.77. The summed E-state index contributed by atoms with van der Waals surface area (Å²) in [5.74, 6) is 0.453. The molecule has 0 aliphatic carbocycles. The zero-order valence-corrected chi connectivity index (χ0v) is 13.3. The van der Waals surface area contributed by atoms with Crippen LogP contribution in [0, 0.1) is 13.8 Å². The van der Waals surface area contributed by atoms with E-state index in [1.165, 1.54) is 0 Å². The van der Waals surface area contributed by atoms with Crippen LogP contribution in [-0.4, -0.2) is 20.1 Å². The van der Waals surface area contributed by atoms with Crippen LogP contribution in [0.2, 0.25) is 0 Å². The minimum atomic E-state index is -3.60. The molecule has 2 rings (SSSR count). The minimum absolute atomic E-state index is 0.140. The van der Waals surface area contributed by atoms with E-state index in [4.69, 9.17) is 4.52 Å². The van der Waals surface area contributed by atoms with Gasteiger partial charge in [-0.3, -0.25) is 0 Å². The highest BCUT2D eigenvalue weighted by Gasteiger charge is 2.24. The van der Waals surface area contributed by atoms with Gasteiger partial charge in [-0.25, -0.2) is 13.1 Å². The van der Waals surface area contributed by atoms with Gasteiger partial charge in [-0.15, -0.1) is 0 Å². The van der Waals surface area contributed by atoms with Crippen LogP contribution in [0.3, 0.4) is 0 Å². The SMILES string of the molecule is CC[C@@H](CNS(=O)(=O)c1c(C)noc1C)c1ccccc1. The van der Waals surface area contributed by atoms with E-state index >= 15 is 0 Å². The molecule has 1 heterocycles. The second-order valence-corrected chi connectivity index (χ2v) is 6.72. The predicted molar refractivity (Wildman–Crippen MR) is 80.6 cm³/mol. The Labute approximate surface area is 125 Å². The number of rotatable bonds is 6. The van der Waals surface area contributed by atoms with Gasteiger partial charge in [0.2, 0.25) is 10.0 Å². The zero-order chi connectivity index (χ0) is 15.5. The number of sulfonamides is 1. The number of aromatic nitrogens is 1. The first kappa shape index (κ1) is 15.7. The number of hydrogen-bond donors (Lipinski definition) is 1. The minimum Gasteiger partial charge on any atom is -0.360 e. The third kappa shape index (κ3) is 3.51. The fourth-order valence-electron chi connectivity index (χ4n) is 2.36. The van der Waals surface area contributed by atoms with E-state index < -0.39 is 10.0 Å². The Morgan fingerprint density at radius 1 is 1.24 bits per heavy atom. The summed E-state index contributed by atoms with van der Waals surface area (Å²) in [7, 11) is -3.60. The fraction of sp³-hybridized carbons (Fsp3) is 0.400. The molecule has 1 atom stereocenters. The Morgan fingerprint density at radius 3 is 2.43 bits per heavy atom. The van der Waals surface area contributed by atoms with Gasteiger partial charge in [-0.2, -0.15) is 0 Å². The van der Waals surface area contributed by atoms with Crippen LogP contribution < -0.4 is 4.72 Å². The number of nitrogens with zero attached hydrogens (tertiary/aromatic N) is 1. The van der Waals surface area contributed by atoms with Crippen molar-refractivity contribution in [2.24, 2.45) is 0 Å². The van der Waals surface area contributed by atoms with E-state index in [9.17, 15) is 8.42 Å². The molecule has 0 unspecified atom stereocenters. The van der Waals surface area contributed by atoms with Crippen molar-refractivity contribution in [3.8, 4) is 0 Å². The van der Waals surface area contributed by atoms with E-state index in [2.05, 4.69) is 9.88 Å². The lowest BCUT2D eigenvalue weighted by atomic mass is 9.97. The molecular weight excluding hydrogens is 288 g/mol. The van der Waals surface area contributed by atoms with Crippen LogP contribution >= 0.6 is 0 Å². The molecule has 1 N–H and O–H groups in total. The normalized spacial score (nSPS) is 13.3. The molecule has 0 amide bonds. The van der Waals surface area contributed by atoms with Crippen molar-refractivity contribution in [3.63, 3.8) is 0 Å². The largest absolute Gasteiger partial charge is 0.360 e. The average molecular weight is 308 g/mol. The highest BCUT2D eigenvalue weighted by atomic mass is 32.2. The lowest BCUT2D eigenvalue weighted by Crippen LogP contribution is -2.29. The maximum atomic E-state index is 12.4. The molecule has 0 radical (unpaired) electrons. The molecular formula is C15H20N2O3S. The van der Waals surface area contributed by atoms with Gasteiger partial charge in [0.05, 0.1) is 0 Å². The Kier molecular flexibility index (Phi) is 4.80. The smallest absolute Gasteiger partial charge is 0.245 e. The van der Waals surface area contributed by atoms with Crippen LogP contribution in [0.5, 0.6) is 0 Å². The van der Waals surface area contributed by atoms with E-state index in [1.54, 1.807) is 13.8 Å². The third-order valence-corrected chi connectivity index (χ3v) is 5.19. The molecule has 0 spiro atoms. The summed E-state index contributed by atoms with van der Waals surface area (Å²) >= 11 is 0. The molecule has 0 saturated carbocycles. The molecule has 6 heteroatoms. The summed E-state index contributed by atoms with van der Waals surface area (Å²) in [6, 6.07) is 9.89. The third-order valence-electron chi connectivity index (χ3n) is 3.52. The van der Waals surface area contributed by atoms with Crippen molar-refractivity contribution in [2.45, 2.75) is 38.0 Å². The maximum Gasteiger partial charge on any atom is 0.245 e. The highest BCUT2D eigenvalue weighted by molar-refractivity contribution is 7.89. The lowest BCUT2D eigenvalue weighted by molar-refractivity contribution is 0.390. The standard InChI is InChI=1S/C15H20N2O3S/c1-4-13(14-8-6-5-7-9-14)10-16-21(18,19)15-11(2)17-20-12(15)3/h5-9,13,16H,4,10H2,1-3H3/t13-/m0/s1. The molecule has 1 aromatic heterocycles. The summed E-state index contributed by atoms with van der Waals surface area (Å²) in [6.07, 6.45) is 0.855. The predicted octanol–water partition coefficient (Wildman–Crippen LogP) is 2.76. The maximum absolute atomic E-state index is 12.4. The summed E-state index contributed by atoms with van der Waals surface area (Å²) in [5, 5.41) is 3.69. The Hall–Kier alpha value is -1.66. The first-order valence-corrected chi connectivity index (χ1v) is 8.41. The van der Waals surface area contributed by atoms with Gasteiger partial charge in [0, 0.05) is 6.54 Å². The second-order valence-electron chi connectivity index (χ2n) is 5.02.